The van der Waals surface area contributed by atoms with Crippen molar-refractivity contribution in [3.05, 3.63) is 24.5 Å². The van der Waals surface area contributed by atoms with Gasteiger partial charge in [-0.15, -0.1) is 0 Å². The van der Waals surface area contributed by atoms with E-state index in [1.54, 1.807) is 13.2 Å². The van der Waals surface area contributed by atoms with E-state index in [0.29, 0.717) is 0 Å². The van der Waals surface area contributed by atoms with Gasteiger partial charge in [-0.25, -0.2) is 4.98 Å². The van der Waals surface area contributed by atoms with Crippen molar-refractivity contribution in [1.29, 1.82) is 0 Å². The van der Waals surface area contributed by atoms with E-state index in [-0.39, 0.29) is 0 Å². The molecule has 2 aromatic rings. The normalized spacial score (nSPS) is 11.5. The first-order valence-corrected chi connectivity index (χ1v) is 3.31. The van der Waals surface area contributed by atoms with Gasteiger partial charge in [0.05, 0.1) is 24.5 Å². The molecule has 0 aliphatic heterocycles. The van der Waals surface area contributed by atoms with Gasteiger partial charge >= 0.3 is 0 Å². The van der Waals surface area contributed by atoms with E-state index < -0.39 is 0 Å². The van der Waals surface area contributed by atoms with Crippen LogP contribution in [0.2, 0.25) is 1.41 Å². The highest BCUT2D eigenvalue weighted by Gasteiger charge is 1.95. The fourth-order valence-corrected chi connectivity index (χ4v) is 0.996. The Bertz CT molecular complexity index is 410. The lowest BCUT2D eigenvalue weighted by Crippen LogP contribution is -1.80. The number of benzene rings is 1. The van der Waals surface area contributed by atoms with E-state index in [9.17, 15) is 0 Å². The van der Waals surface area contributed by atoms with Gasteiger partial charge in [-0.1, -0.05) is 0 Å². The minimum atomic E-state index is 0.747. The van der Waals surface area contributed by atoms with Gasteiger partial charge in [0.2, 0.25) is 0 Å². The monoisotopic (exact) mass is 149 g/mol. The van der Waals surface area contributed by atoms with E-state index in [2.05, 4.69) is 4.98 Å². The molecule has 0 saturated carbocycles. The van der Waals surface area contributed by atoms with E-state index in [0.717, 1.165) is 16.8 Å². The first-order valence-electron chi connectivity index (χ1n) is 3.76. The van der Waals surface area contributed by atoms with Crippen LogP contribution in [-0.2, 0) is 0 Å². The minimum absolute atomic E-state index is 0.747. The van der Waals surface area contributed by atoms with Crippen molar-refractivity contribution in [2.45, 2.75) is 0 Å². The van der Waals surface area contributed by atoms with Crippen LogP contribution in [0.25, 0.3) is 11.0 Å². The van der Waals surface area contributed by atoms with Crippen molar-refractivity contribution in [1.82, 2.24) is 9.96 Å². The third-order valence-electron chi connectivity index (χ3n) is 1.58. The van der Waals surface area contributed by atoms with Gasteiger partial charge in [0, 0.05) is 6.07 Å². The molecule has 0 spiro atoms. The lowest BCUT2D eigenvalue weighted by molar-refractivity contribution is 0.415. The number of hydrogen-bond donors (Lipinski definition) is 1. The maximum Gasteiger partial charge on any atom is 0.168 e. The number of rotatable bonds is 1. The predicted octanol–water partition coefficient (Wildman–Crippen LogP) is 1.57. The summed E-state index contributed by atoms with van der Waals surface area (Å²) >= 11 is 0. The smallest absolute Gasteiger partial charge is 0.168 e. The Balaban J connectivity index is 2.71. The van der Waals surface area contributed by atoms with Crippen molar-refractivity contribution in [2.24, 2.45) is 0 Å². The number of aromatic amines is 1. The van der Waals surface area contributed by atoms with Crippen LogP contribution >= 0.6 is 0 Å². The quantitative estimate of drug-likeness (QED) is 0.668. The lowest BCUT2D eigenvalue weighted by atomic mass is 10.3. The van der Waals surface area contributed by atoms with Crippen LogP contribution in [0.1, 0.15) is 0 Å². The topological polar surface area (TPSA) is 37.9 Å². The lowest BCUT2D eigenvalue weighted by Gasteiger charge is -1.96. The van der Waals surface area contributed by atoms with E-state index >= 15 is 0 Å². The molecule has 3 nitrogen and oxygen atoms in total. The fraction of sp³-hybridized carbons (Fsp3) is 0.125. The summed E-state index contributed by atoms with van der Waals surface area (Å²) in [6.07, 6.45) is 1.46. The maximum atomic E-state index is 7.41. The third kappa shape index (κ3) is 0.941. The number of aromatic nitrogens is 2. The van der Waals surface area contributed by atoms with E-state index in [4.69, 9.17) is 6.15 Å². The summed E-state index contributed by atoms with van der Waals surface area (Å²) in [5.41, 5.74) is 1.57. The first-order chi connectivity index (χ1) is 5.81. The zero-order valence-electron chi connectivity index (χ0n) is 7.11. The summed E-state index contributed by atoms with van der Waals surface area (Å²) < 4.78 is 12.4. The molecule has 0 aliphatic rings. The predicted molar refractivity (Wildman–Crippen MR) is 42.6 cm³/mol. The molecule has 0 saturated heterocycles. The molecule has 0 fully saturated rings. The molecule has 3 heteroatoms. The molecule has 0 atom stereocenters. The second-order valence-electron chi connectivity index (χ2n) is 2.23. The summed E-state index contributed by atoms with van der Waals surface area (Å²) in [4.78, 5) is 5.23. The molecular weight excluding hydrogens is 140 g/mol. The number of H-pyrrole nitrogens is 1. The Morgan fingerprint density at radius 3 is 3.36 bits per heavy atom. The molecule has 0 radical (unpaired) electrons. The molecular formula is C8H8N2O. The number of fused-ring (bicyclic) bond motifs is 1. The van der Waals surface area contributed by atoms with Crippen molar-refractivity contribution < 1.29 is 6.15 Å². The Labute approximate surface area is 65.5 Å². The molecule has 1 aromatic carbocycles. The number of hydrogen-bond acceptors (Lipinski definition) is 2. The van der Waals surface area contributed by atoms with Gasteiger partial charge in [-0.2, -0.15) is 0 Å². The fourth-order valence-electron chi connectivity index (χ4n) is 0.996. The highest BCUT2D eigenvalue weighted by Crippen LogP contribution is 2.16. The Kier molecular flexibility index (Phi) is 1.07. The molecule has 11 heavy (non-hydrogen) atoms. The molecule has 0 bridgehead atoms. The molecule has 1 aromatic heterocycles. The second-order valence-corrected chi connectivity index (χ2v) is 2.23. The minimum Gasteiger partial charge on any atom is -0.497 e. The Hall–Kier alpha value is -1.51. The van der Waals surface area contributed by atoms with Crippen molar-refractivity contribution >= 4 is 11.0 Å². The van der Waals surface area contributed by atoms with Gasteiger partial charge in [0.15, 0.2) is 1.41 Å². The van der Waals surface area contributed by atoms with Crippen molar-refractivity contribution in [2.75, 3.05) is 7.11 Å². The van der Waals surface area contributed by atoms with Crippen LogP contribution in [0.3, 0.4) is 0 Å². The number of nitrogens with zero attached hydrogens (tertiary/aromatic N) is 1. The van der Waals surface area contributed by atoms with Crippen LogP contribution < -0.4 is 4.74 Å². The van der Waals surface area contributed by atoms with Crippen molar-refractivity contribution in [3.8, 4) is 5.75 Å². The van der Waals surface area contributed by atoms with Crippen LogP contribution in [0, 0.1) is 0 Å². The molecule has 1 heterocycles. The second kappa shape index (κ2) is 2.27. The average molecular weight is 149 g/mol. The van der Waals surface area contributed by atoms with Crippen LogP contribution in [-0.4, -0.2) is 17.1 Å². The van der Waals surface area contributed by atoms with E-state index in [1.165, 1.54) is 11.3 Å². The molecule has 2 rings (SSSR count). The van der Waals surface area contributed by atoms with Gasteiger partial charge in [-0.3, -0.25) is 0 Å². The highest BCUT2D eigenvalue weighted by atomic mass is 16.5. The van der Waals surface area contributed by atoms with E-state index in [1.807, 2.05) is 12.1 Å². The number of ether oxygens (including phenoxy) is 1. The van der Waals surface area contributed by atoms with Crippen LogP contribution in [0.5, 0.6) is 5.75 Å². The number of methoxy groups -OCH3 is 1. The zero-order chi connectivity index (χ0) is 8.55. The largest absolute Gasteiger partial charge is 0.497 e. The Morgan fingerprint density at radius 1 is 1.64 bits per heavy atom. The first kappa shape index (κ1) is 5.18. The van der Waals surface area contributed by atoms with Crippen LogP contribution in [0.15, 0.2) is 24.5 Å². The molecule has 0 unspecified atom stereocenters. The number of nitrogens with one attached hydrogen (secondary N) is 1. The summed E-state index contributed by atoms with van der Waals surface area (Å²) in [7, 11) is 1.60. The summed E-state index contributed by atoms with van der Waals surface area (Å²) in [6.45, 7) is 0. The number of imidazole rings is 1. The third-order valence-corrected chi connectivity index (χ3v) is 1.58. The highest BCUT2D eigenvalue weighted by molar-refractivity contribution is 5.75. The average Bonchev–Trinajstić information content (AvgIpc) is 2.47. The zero-order valence-corrected chi connectivity index (χ0v) is 6.11. The molecule has 0 aliphatic carbocycles. The van der Waals surface area contributed by atoms with Gasteiger partial charge < -0.3 is 9.71 Å². The Morgan fingerprint density at radius 2 is 2.55 bits per heavy atom. The van der Waals surface area contributed by atoms with Crippen LogP contribution in [0.4, 0.5) is 0 Å². The molecule has 0 amide bonds. The van der Waals surface area contributed by atoms with Gasteiger partial charge in [0.1, 0.15) is 5.75 Å². The molecule has 56 valence electrons. The maximum absolute atomic E-state index is 7.41. The summed E-state index contributed by atoms with van der Waals surface area (Å²) in [5.74, 6) is 0.747. The molecule has 1 N–H and O–H groups in total. The van der Waals surface area contributed by atoms with Gasteiger partial charge in [0.25, 0.3) is 0 Å². The summed E-state index contributed by atoms with van der Waals surface area (Å²) in [6, 6.07) is 5.45. The van der Waals surface area contributed by atoms with Crippen molar-refractivity contribution in [3.63, 3.8) is 0 Å². The SMILES string of the molecule is [2H]n1cnc2ccc(OC)cc21. The summed E-state index contributed by atoms with van der Waals surface area (Å²) in [5, 5.41) is 0. The van der Waals surface area contributed by atoms with Gasteiger partial charge in [-0.05, 0) is 12.1 Å². The standard InChI is InChI=1S/C8H8N2O/c1-11-6-2-3-7-8(4-6)10-5-9-7/h2-5H,1H3,(H,9,10)/i/hD.